The van der Waals surface area contributed by atoms with Crippen LogP contribution in [0.25, 0.3) is 0 Å². The Bertz CT molecular complexity index is 607. The van der Waals surface area contributed by atoms with E-state index in [-0.39, 0.29) is 11.8 Å². The van der Waals surface area contributed by atoms with E-state index in [0.29, 0.717) is 17.8 Å². The van der Waals surface area contributed by atoms with Crippen LogP contribution in [0.5, 0.6) is 0 Å². The summed E-state index contributed by atoms with van der Waals surface area (Å²) in [5.74, 6) is -0.238. The fourth-order valence-corrected chi connectivity index (χ4v) is 1.67. The Morgan fingerprint density at radius 2 is 1.81 bits per heavy atom. The fraction of sp³-hybridized carbons (Fsp3) is 0.286. The Kier molecular flexibility index (Phi) is 4.65. The van der Waals surface area contributed by atoms with E-state index in [1.165, 1.54) is 17.3 Å². The van der Waals surface area contributed by atoms with E-state index in [2.05, 4.69) is 20.7 Å². The zero-order valence-corrected chi connectivity index (χ0v) is 11.9. The number of carbonyl (C=O) groups is 2. The zero-order valence-electron chi connectivity index (χ0n) is 11.9. The Morgan fingerprint density at radius 3 is 2.33 bits per heavy atom. The number of aromatic nitrogens is 3. The quantitative estimate of drug-likeness (QED) is 0.878. The number of hydrogen-bond acceptors (Lipinski definition) is 4. The first-order valence-corrected chi connectivity index (χ1v) is 6.65. The molecule has 1 unspecified atom stereocenters. The van der Waals surface area contributed by atoms with E-state index in [0.717, 1.165) is 0 Å². The lowest BCUT2D eigenvalue weighted by atomic mass is 10.2. The van der Waals surface area contributed by atoms with Gasteiger partial charge in [-0.05, 0) is 31.2 Å². The van der Waals surface area contributed by atoms with Gasteiger partial charge in [0.05, 0.1) is 0 Å². The highest BCUT2D eigenvalue weighted by Crippen LogP contribution is 2.15. The monoisotopic (exact) mass is 287 g/mol. The van der Waals surface area contributed by atoms with Crippen LogP contribution < -0.4 is 10.6 Å². The Hall–Kier alpha value is -2.70. The van der Waals surface area contributed by atoms with E-state index in [9.17, 15) is 9.59 Å². The second-order valence-electron chi connectivity index (χ2n) is 4.52. The molecule has 1 atom stereocenters. The third-order valence-corrected chi connectivity index (χ3v) is 2.97. The summed E-state index contributed by atoms with van der Waals surface area (Å²) in [6.45, 7) is 3.52. The van der Waals surface area contributed by atoms with Crippen LogP contribution in [0.4, 0.5) is 11.4 Å². The van der Waals surface area contributed by atoms with E-state index in [1.807, 2.05) is 0 Å². The molecule has 0 bridgehead atoms. The van der Waals surface area contributed by atoms with Gasteiger partial charge in [-0.3, -0.25) is 9.59 Å². The molecule has 7 heteroatoms. The van der Waals surface area contributed by atoms with Gasteiger partial charge in [0.1, 0.15) is 18.7 Å². The maximum atomic E-state index is 12.1. The van der Waals surface area contributed by atoms with Crippen LogP contribution in [0.15, 0.2) is 36.9 Å². The van der Waals surface area contributed by atoms with Crippen LogP contribution in [0, 0.1) is 0 Å². The minimum atomic E-state index is -0.452. The molecule has 0 saturated heterocycles. The number of benzene rings is 1. The number of carbonyl (C=O) groups excluding carboxylic acids is 2. The minimum absolute atomic E-state index is 0.0495. The van der Waals surface area contributed by atoms with Crippen molar-refractivity contribution < 1.29 is 9.59 Å². The van der Waals surface area contributed by atoms with Crippen molar-refractivity contribution >= 4 is 23.2 Å². The highest BCUT2D eigenvalue weighted by atomic mass is 16.2. The summed E-state index contributed by atoms with van der Waals surface area (Å²) in [5.41, 5.74) is 1.35. The summed E-state index contributed by atoms with van der Waals surface area (Å²) < 4.78 is 1.48. The molecular weight excluding hydrogens is 270 g/mol. The Balaban J connectivity index is 1.97. The highest BCUT2D eigenvalue weighted by Gasteiger charge is 2.15. The van der Waals surface area contributed by atoms with E-state index in [1.54, 1.807) is 38.1 Å². The molecule has 7 nitrogen and oxygen atoms in total. The average Bonchev–Trinajstić information content (AvgIpc) is 3.02. The van der Waals surface area contributed by atoms with E-state index < -0.39 is 6.04 Å². The van der Waals surface area contributed by atoms with Crippen LogP contribution in [-0.2, 0) is 9.59 Å². The molecule has 0 aliphatic carbocycles. The molecular formula is C14H17N5O2. The van der Waals surface area contributed by atoms with Crippen LogP contribution in [0.3, 0.4) is 0 Å². The maximum Gasteiger partial charge on any atom is 0.249 e. The molecule has 1 heterocycles. The van der Waals surface area contributed by atoms with Crippen molar-refractivity contribution in [2.75, 3.05) is 10.6 Å². The molecule has 0 saturated carbocycles. The Morgan fingerprint density at radius 1 is 1.19 bits per heavy atom. The summed E-state index contributed by atoms with van der Waals surface area (Å²) in [6.07, 6.45) is 3.30. The van der Waals surface area contributed by atoms with E-state index in [4.69, 9.17) is 0 Å². The van der Waals surface area contributed by atoms with Crippen molar-refractivity contribution in [2.24, 2.45) is 0 Å². The van der Waals surface area contributed by atoms with Gasteiger partial charge in [0.2, 0.25) is 11.8 Å². The topological polar surface area (TPSA) is 88.9 Å². The number of amides is 2. The van der Waals surface area contributed by atoms with Crippen molar-refractivity contribution in [3.63, 3.8) is 0 Å². The molecule has 0 aliphatic heterocycles. The van der Waals surface area contributed by atoms with Gasteiger partial charge in [-0.25, -0.2) is 9.67 Å². The number of hydrogen-bond donors (Lipinski definition) is 2. The van der Waals surface area contributed by atoms with Gasteiger partial charge in [-0.1, -0.05) is 6.92 Å². The van der Waals surface area contributed by atoms with Gasteiger partial charge in [-0.2, -0.15) is 5.10 Å². The molecule has 1 aromatic heterocycles. The summed E-state index contributed by atoms with van der Waals surface area (Å²) in [7, 11) is 0. The van der Waals surface area contributed by atoms with Gasteiger partial charge in [0.25, 0.3) is 0 Å². The maximum absolute atomic E-state index is 12.1. The number of nitrogens with zero attached hydrogens (tertiary/aromatic N) is 3. The molecule has 0 aliphatic rings. The van der Waals surface area contributed by atoms with Crippen LogP contribution in [0.2, 0.25) is 0 Å². The minimum Gasteiger partial charge on any atom is -0.326 e. The normalized spacial score (nSPS) is 11.7. The highest BCUT2D eigenvalue weighted by molar-refractivity contribution is 5.94. The first kappa shape index (κ1) is 14.7. The standard InChI is InChI=1S/C14H17N5O2/c1-3-13(20)17-11-4-6-12(7-5-11)18-14(21)10(2)19-9-15-8-16-19/h4-10H,3H2,1-2H3,(H,17,20)(H,18,21). The lowest BCUT2D eigenvalue weighted by Gasteiger charge is -2.12. The summed E-state index contributed by atoms with van der Waals surface area (Å²) >= 11 is 0. The van der Waals surface area contributed by atoms with Crippen molar-refractivity contribution in [3.05, 3.63) is 36.9 Å². The zero-order chi connectivity index (χ0) is 15.2. The summed E-state index contributed by atoms with van der Waals surface area (Å²) in [4.78, 5) is 27.1. The molecule has 2 amide bonds. The first-order chi connectivity index (χ1) is 10.1. The largest absolute Gasteiger partial charge is 0.326 e. The molecule has 110 valence electrons. The lowest BCUT2D eigenvalue weighted by Crippen LogP contribution is -2.24. The van der Waals surface area contributed by atoms with E-state index >= 15 is 0 Å². The molecule has 0 radical (unpaired) electrons. The molecule has 0 fully saturated rings. The molecule has 21 heavy (non-hydrogen) atoms. The average molecular weight is 287 g/mol. The molecule has 2 N–H and O–H groups in total. The molecule has 2 aromatic rings. The number of nitrogens with one attached hydrogen (secondary N) is 2. The lowest BCUT2D eigenvalue weighted by molar-refractivity contribution is -0.119. The van der Waals surface area contributed by atoms with Crippen molar-refractivity contribution in [1.29, 1.82) is 0 Å². The smallest absolute Gasteiger partial charge is 0.249 e. The fourth-order valence-electron chi connectivity index (χ4n) is 1.67. The summed E-state index contributed by atoms with van der Waals surface area (Å²) in [5, 5.41) is 9.46. The van der Waals surface area contributed by atoms with Gasteiger partial charge in [0.15, 0.2) is 0 Å². The second-order valence-corrected chi connectivity index (χ2v) is 4.52. The number of anilines is 2. The molecule has 2 rings (SSSR count). The van der Waals surface area contributed by atoms with Gasteiger partial charge in [-0.15, -0.1) is 0 Å². The van der Waals surface area contributed by atoms with Gasteiger partial charge < -0.3 is 10.6 Å². The Labute approximate surface area is 122 Å². The third-order valence-electron chi connectivity index (χ3n) is 2.97. The third kappa shape index (κ3) is 3.88. The first-order valence-electron chi connectivity index (χ1n) is 6.65. The van der Waals surface area contributed by atoms with Crippen LogP contribution in [-0.4, -0.2) is 26.6 Å². The van der Waals surface area contributed by atoms with Crippen molar-refractivity contribution in [1.82, 2.24) is 14.8 Å². The predicted molar refractivity (Wildman–Crippen MR) is 78.7 cm³/mol. The van der Waals surface area contributed by atoms with Gasteiger partial charge in [0, 0.05) is 17.8 Å². The predicted octanol–water partition coefficient (Wildman–Crippen LogP) is 1.83. The second kappa shape index (κ2) is 6.65. The SMILES string of the molecule is CCC(=O)Nc1ccc(NC(=O)C(C)n2cncn2)cc1. The number of rotatable bonds is 5. The van der Waals surface area contributed by atoms with Crippen LogP contribution >= 0.6 is 0 Å². The van der Waals surface area contributed by atoms with Crippen LogP contribution in [0.1, 0.15) is 26.3 Å². The van der Waals surface area contributed by atoms with Gasteiger partial charge >= 0.3 is 0 Å². The molecule has 0 spiro atoms. The summed E-state index contributed by atoms with van der Waals surface area (Å²) in [6, 6.07) is 6.49. The van der Waals surface area contributed by atoms with Crippen molar-refractivity contribution in [3.8, 4) is 0 Å². The van der Waals surface area contributed by atoms with Crippen molar-refractivity contribution in [2.45, 2.75) is 26.3 Å². The molecule has 1 aromatic carbocycles.